The first-order chi connectivity index (χ1) is 8.00. The molecule has 0 aliphatic heterocycles. The predicted molar refractivity (Wildman–Crippen MR) is 67.1 cm³/mol. The fraction of sp³-hybridized carbons (Fsp3) is 0.154. The second-order valence-electron chi connectivity index (χ2n) is 4.08. The number of nitrogens with two attached hydrogens (primary N) is 1. The maximum absolute atomic E-state index is 11.0. The Bertz CT molecular complexity index is 568. The molecule has 88 valence electrons. The van der Waals surface area contributed by atoms with Crippen LogP contribution in [0.5, 0.6) is 0 Å². The van der Waals surface area contributed by atoms with Crippen LogP contribution >= 0.6 is 0 Å². The first kappa shape index (κ1) is 11.3. The van der Waals surface area contributed by atoms with E-state index in [-0.39, 0.29) is 5.56 Å². The number of hydrogen-bond donors (Lipinski definition) is 3. The summed E-state index contributed by atoms with van der Waals surface area (Å²) in [6.07, 6.45) is 0. The summed E-state index contributed by atoms with van der Waals surface area (Å²) in [6, 6.07) is 7.77. The van der Waals surface area contributed by atoms with Gasteiger partial charge in [0.05, 0.1) is 11.4 Å². The van der Waals surface area contributed by atoms with Crippen molar-refractivity contribution in [3.63, 3.8) is 0 Å². The third-order valence-corrected chi connectivity index (χ3v) is 2.78. The summed E-state index contributed by atoms with van der Waals surface area (Å²) in [5.41, 5.74) is 9.59. The van der Waals surface area contributed by atoms with Crippen LogP contribution in [0.1, 0.15) is 21.6 Å². The molecule has 0 saturated heterocycles. The Morgan fingerprint density at radius 2 is 1.82 bits per heavy atom. The van der Waals surface area contributed by atoms with Gasteiger partial charge in [-0.3, -0.25) is 0 Å². The van der Waals surface area contributed by atoms with Gasteiger partial charge >= 0.3 is 5.97 Å². The third kappa shape index (κ3) is 1.89. The number of aromatic nitrogens is 1. The number of aromatic amines is 1. The van der Waals surface area contributed by atoms with Crippen molar-refractivity contribution in [2.24, 2.45) is 0 Å². The maximum atomic E-state index is 11.0. The molecule has 0 amide bonds. The van der Waals surface area contributed by atoms with Gasteiger partial charge < -0.3 is 15.8 Å². The van der Waals surface area contributed by atoms with Gasteiger partial charge in [-0.05, 0) is 13.8 Å². The van der Waals surface area contributed by atoms with Gasteiger partial charge in [-0.15, -0.1) is 0 Å². The average Bonchev–Trinajstić information content (AvgIpc) is 2.55. The minimum atomic E-state index is -1.00. The summed E-state index contributed by atoms with van der Waals surface area (Å²) in [5, 5.41) is 9.05. The highest BCUT2D eigenvalue weighted by molar-refractivity contribution is 5.99. The van der Waals surface area contributed by atoms with Crippen molar-refractivity contribution in [1.29, 1.82) is 0 Å². The van der Waals surface area contributed by atoms with Crippen LogP contribution in [0, 0.1) is 13.8 Å². The quantitative estimate of drug-likeness (QED) is 0.741. The van der Waals surface area contributed by atoms with E-state index in [1.54, 1.807) is 6.92 Å². The molecule has 1 aromatic heterocycles. The van der Waals surface area contributed by atoms with E-state index in [2.05, 4.69) is 4.98 Å². The molecule has 0 aliphatic rings. The van der Waals surface area contributed by atoms with E-state index in [4.69, 9.17) is 10.8 Å². The largest absolute Gasteiger partial charge is 0.478 e. The van der Waals surface area contributed by atoms with Crippen LogP contribution in [0.25, 0.3) is 11.3 Å². The van der Waals surface area contributed by atoms with Gasteiger partial charge in [0, 0.05) is 11.3 Å². The summed E-state index contributed by atoms with van der Waals surface area (Å²) in [4.78, 5) is 14.1. The average molecular weight is 230 g/mol. The fourth-order valence-electron chi connectivity index (χ4n) is 1.87. The van der Waals surface area contributed by atoms with Crippen LogP contribution in [-0.4, -0.2) is 16.1 Å². The molecule has 0 unspecified atom stereocenters. The van der Waals surface area contributed by atoms with Gasteiger partial charge in [-0.25, -0.2) is 4.79 Å². The molecular formula is C13H14N2O2. The molecule has 1 heterocycles. The molecule has 0 atom stereocenters. The van der Waals surface area contributed by atoms with Crippen LogP contribution in [0.2, 0.25) is 0 Å². The normalized spacial score (nSPS) is 10.5. The minimum absolute atomic E-state index is 0.153. The third-order valence-electron chi connectivity index (χ3n) is 2.78. The highest BCUT2D eigenvalue weighted by Crippen LogP contribution is 2.30. The molecule has 1 aromatic carbocycles. The summed E-state index contributed by atoms with van der Waals surface area (Å²) < 4.78 is 0. The van der Waals surface area contributed by atoms with Crippen LogP contribution in [0.15, 0.2) is 24.3 Å². The lowest BCUT2D eigenvalue weighted by Gasteiger charge is -2.01. The van der Waals surface area contributed by atoms with Crippen molar-refractivity contribution in [2.45, 2.75) is 13.8 Å². The van der Waals surface area contributed by atoms with Gasteiger partial charge in [0.2, 0.25) is 0 Å². The zero-order valence-electron chi connectivity index (χ0n) is 9.74. The number of nitrogen functional groups attached to an aromatic ring is 1. The van der Waals surface area contributed by atoms with Gasteiger partial charge in [-0.2, -0.15) is 0 Å². The Morgan fingerprint density at radius 3 is 2.29 bits per heavy atom. The predicted octanol–water partition coefficient (Wildman–Crippen LogP) is 2.58. The van der Waals surface area contributed by atoms with E-state index in [9.17, 15) is 4.79 Å². The van der Waals surface area contributed by atoms with Gasteiger partial charge in [0.25, 0.3) is 0 Å². The zero-order valence-corrected chi connectivity index (χ0v) is 9.74. The van der Waals surface area contributed by atoms with Crippen molar-refractivity contribution in [3.05, 3.63) is 41.1 Å². The van der Waals surface area contributed by atoms with Gasteiger partial charge in [0.1, 0.15) is 5.56 Å². The van der Waals surface area contributed by atoms with Crippen molar-refractivity contribution in [2.75, 3.05) is 5.73 Å². The van der Waals surface area contributed by atoms with Crippen molar-refractivity contribution in [3.8, 4) is 11.3 Å². The number of anilines is 1. The molecule has 2 rings (SSSR count). The number of aromatic carboxylic acids is 1. The number of nitrogens with one attached hydrogen (secondary N) is 1. The minimum Gasteiger partial charge on any atom is -0.478 e. The number of aryl methyl sites for hydroxylation is 2. The Hall–Kier alpha value is -2.23. The van der Waals surface area contributed by atoms with Crippen LogP contribution in [0.3, 0.4) is 0 Å². The highest BCUT2D eigenvalue weighted by atomic mass is 16.4. The first-order valence-corrected chi connectivity index (χ1v) is 5.29. The van der Waals surface area contributed by atoms with Crippen molar-refractivity contribution in [1.82, 2.24) is 4.98 Å². The topological polar surface area (TPSA) is 79.1 Å². The molecule has 17 heavy (non-hydrogen) atoms. The number of carbonyl (C=O) groups is 1. The lowest BCUT2D eigenvalue weighted by Crippen LogP contribution is -2.01. The monoisotopic (exact) mass is 230 g/mol. The Kier molecular flexibility index (Phi) is 2.63. The van der Waals surface area contributed by atoms with Crippen LogP contribution < -0.4 is 5.73 Å². The second-order valence-corrected chi connectivity index (χ2v) is 4.08. The molecule has 0 spiro atoms. The number of H-pyrrole nitrogens is 1. The Balaban J connectivity index is 2.57. The second kappa shape index (κ2) is 3.97. The van der Waals surface area contributed by atoms with Gasteiger partial charge in [-0.1, -0.05) is 29.8 Å². The highest BCUT2D eigenvalue weighted by Gasteiger charge is 2.18. The number of carboxylic acid groups (broad SMARTS) is 1. The van der Waals surface area contributed by atoms with Crippen LogP contribution in [-0.2, 0) is 0 Å². The molecule has 4 heteroatoms. The zero-order chi connectivity index (χ0) is 12.6. The van der Waals surface area contributed by atoms with E-state index in [1.807, 2.05) is 31.2 Å². The molecule has 0 saturated carbocycles. The van der Waals surface area contributed by atoms with Crippen molar-refractivity contribution >= 4 is 11.7 Å². The smallest absolute Gasteiger partial charge is 0.339 e. The Labute approximate surface area is 99.1 Å². The van der Waals surface area contributed by atoms with E-state index < -0.39 is 5.97 Å². The number of hydrogen-bond acceptors (Lipinski definition) is 2. The molecular weight excluding hydrogens is 216 g/mol. The number of carboxylic acids is 1. The number of rotatable bonds is 2. The van der Waals surface area contributed by atoms with Crippen molar-refractivity contribution < 1.29 is 9.90 Å². The molecule has 4 N–H and O–H groups in total. The molecule has 2 aromatic rings. The molecule has 0 aliphatic carbocycles. The Morgan fingerprint density at radius 1 is 1.24 bits per heavy atom. The summed E-state index contributed by atoms with van der Waals surface area (Å²) in [6.45, 7) is 3.70. The van der Waals surface area contributed by atoms with E-state index in [0.29, 0.717) is 17.1 Å². The lowest BCUT2D eigenvalue weighted by molar-refractivity contribution is 0.0697. The van der Waals surface area contributed by atoms with E-state index in [1.165, 1.54) is 0 Å². The number of benzene rings is 1. The summed E-state index contributed by atoms with van der Waals surface area (Å²) in [7, 11) is 0. The summed E-state index contributed by atoms with van der Waals surface area (Å²) in [5.74, 6) is -1.00. The SMILES string of the molecule is Cc1ccc(-c2[nH]c(C)c(C(=O)O)c2N)cc1. The van der Waals surface area contributed by atoms with Crippen LogP contribution in [0.4, 0.5) is 5.69 Å². The fourth-order valence-corrected chi connectivity index (χ4v) is 1.87. The lowest BCUT2D eigenvalue weighted by atomic mass is 10.1. The summed E-state index contributed by atoms with van der Waals surface area (Å²) >= 11 is 0. The first-order valence-electron chi connectivity index (χ1n) is 5.29. The van der Waals surface area contributed by atoms with Gasteiger partial charge in [0.15, 0.2) is 0 Å². The van der Waals surface area contributed by atoms with E-state index >= 15 is 0 Å². The molecule has 0 bridgehead atoms. The molecule has 0 fully saturated rings. The maximum Gasteiger partial charge on any atom is 0.339 e. The van der Waals surface area contributed by atoms with E-state index in [0.717, 1.165) is 11.1 Å². The molecule has 0 radical (unpaired) electrons. The standard InChI is InChI=1S/C13H14N2O2/c1-7-3-5-9(6-4-7)12-11(14)10(13(16)17)8(2)15-12/h3-6,15H,14H2,1-2H3,(H,16,17). The molecule has 4 nitrogen and oxygen atoms in total.